The van der Waals surface area contributed by atoms with Gasteiger partial charge in [0.15, 0.2) is 6.61 Å². The molecule has 0 saturated heterocycles. The van der Waals surface area contributed by atoms with Crippen LogP contribution in [0.15, 0.2) is 46.9 Å². The van der Waals surface area contributed by atoms with Gasteiger partial charge in [0.2, 0.25) is 0 Å². The highest BCUT2D eigenvalue weighted by Gasteiger charge is 2.12. The van der Waals surface area contributed by atoms with Crippen molar-refractivity contribution in [2.75, 3.05) is 13.2 Å². The minimum atomic E-state index is -0.161. The summed E-state index contributed by atoms with van der Waals surface area (Å²) >= 11 is 3.50. The van der Waals surface area contributed by atoms with Crippen molar-refractivity contribution in [2.24, 2.45) is 0 Å². The van der Waals surface area contributed by atoms with Crippen LogP contribution in [0, 0.1) is 0 Å². The normalized spacial score (nSPS) is 11.9. The van der Waals surface area contributed by atoms with Crippen molar-refractivity contribution in [1.29, 1.82) is 0 Å². The van der Waals surface area contributed by atoms with Crippen LogP contribution in [0.2, 0.25) is 0 Å². The van der Waals surface area contributed by atoms with E-state index in [0.717, 1.165) is 15.8 Å². The summed E-state index contributed by atoms with van der Waals surface area (Å²) in [7, 11) is 0. The first kappa shape index (κ1) is 20.3. The molecule has 2 rings (SSSR count). The second kappa shape index (κ2) is 9.62. The van der Waals surface area contributed by atoms with Gasteiger partial charge in [-0.05, 0) is 71.1 Å². The minimum Gasteiger partial charge on any atom is -0.494 e. The summed E-state index contributed by atoms with van der Waals surface area (Å²) < 4.78 is 11.9. The molecule has 0 bridgehead atoms. The van der Waals surface area contributed by atoms with E-state index in [9.17, 15) is 4.79 Å². The summed E-state index contributed by atoms with van der Waals surface area (Å²) in [4.78, 5) is 12.2. The molecule has 4 nitrogen and oxygen atoms in total. The number of benzene rings is 2. The van der Waals surface area contributed by atoms with E-state index in [-0.39, 0.29) is 18.6 Å². The third-order valence-corrected chi connectivity index (χ3v) is 4.67. The van der Waals surface area contributed by atoms with Crippen molar-refractivity contribution >= 4 is 21.8 Å². The highest BCUT2D eigenvalue weighted by Crippen LogP contribution is 2.28. The molecule has 1 amide bonds. The van der Waals surface area contributed by atoms with E-state index in [1.165, 1.54) is 5.56 Å². The first-order valence-electron chi connectivity index (χ1n) is 8.85. The molecule has 0 aromatic heterocycles. The third kappa shape index (κ3) is 5.77. The number of amides is 1. The Hall–Kier alpha value is -2.01. The zero-order valence-corrected chi connectivity index (χ0v) is 17.3. The highest BCUT2D eigenvalue weighted by atomic mass is 79.9. The lowest BCUT2D eigenvalue weighted by Gasteiger charge is -2.16. The van der Waals surface area contributed by atoms with Crippen LogP contribution in [0.5, 0.6) is 11.5 Å². The number of hydrogen-bond acceptors (Lipinski definition) is 3. The molecule has 0 heterocycles. The number of hydrogen-bond donors (Lipinski definition) is 1. The van der Waals surface area contributed by atoms with Crippen LogP contribution in [0.4, 0.5) is 0 Å². The van der Waals surface area contributed by atoms with Gasteiger partial charge in [0.1, 0.15) is 11.5 Å². The second-order valence-electron chi connectivity index (χ2n) is 6.42. The van der Waals surface area contributed by atoms with E-state index < -0.39 is 0 Å². The molecular formula is C21H26BrNO3. The van der Waals surface area contributed by atoms with Gasteiger partial charge in [-0.15, -0.1) is 0 Å². The fraction of sp³-hybridized carbons (Fsp3) is 0.381. The molecule has 5 heteroatoms. The molecule has 0 spiro atoms. The van der Waals surface area contributed by atoms with Crippen LogP contribution in [0.3, 0.4) is 0 Å². The van der Waals surface area contributed by atoms with Crippen LogP contribution in [-0.2, 0) is 4.79 Å². The number of carbonyl (C=O) groups excluding carboxylic acids is 1. The Bertz CT molecular complexity index is 729. The Kier molecular flexibility index (Phi) is 7.51. The number of rotatable bonds is 8. The van der Waals surface area contributed by atoms with Crippen molar-refractivity contribution in [1.82, 2.24) is 5.32 Å². The van der Waals surface area contributed by atoms with E-state index in [1.807, 2.05) is 56.3 Å². The number of ether oxygens (including phenoxy) is 2. The van der Waals surface area contributed by atoms with Gasteiger partial charge in [0, 0.05) is 0 Å². The van der Waals surface area contributed by atoms with Crippen molar-refractivity contribution in [3.8, 4) is 11.5 Å². The predicted molar refractivity (Wildman–Crippen MR) is 108 cm³/mol. The van der Waals surface area contributed by atoms with Gasteiger partial charge in [-0.1, -0.05) is 32.0 Å². The molecule has 0 radical (unpaired) electrons. The lowest BCUT2D eigenvalue weighted by molar-refractivity contribution is -0.123. The molecule has 2 aromatic rings. The third-order valence-electron chi connectivity index (χ3n) is 4.05. The van der Waals surface area contributed by atoms with E-state index >= 15 is 0 Å². The summed E-state index contributed by atoms with van der Waals surface area (Å²) in [5, 5.41) is 2.95. The average Bonchev–Trinajstić information content (AvgIpc) is 2.61. The zero-order chi connectivity index (χ0) is 19.1. The Balaban J connectivity index is 1.88. The van der Waals surface area contributed by atoms with E-state index in [2.05, 4.69) is 35.1 Å². The van der Waals surface area contributed by atoms with E-state index in [1.54, 1.807) is 0 Å². The molecule has 0 aliphatic rings. The van der Waals surface area contributed by atoms with Crippen LogP contribution in [0.25, 0.3) is 0 Å². The van der Waals surface area contributed by atoms with E-state index in [0.29, 0.717) is 18.3 Å². The van der Waals surface area contributed by atoms with Crippen LogP contribution < -0.4 is 14.8 Å². The molecular weight excluding hydrogens is 394 g/mol. The Morgan fingerprint density at radius 3 is 2.27 bits per heavy atom. The number of nitrogens with one attached hydrogen (secondary N) is 1. The molecule has 0 aliphatic carbocycles. The lowest BCUT2D eigenvalue weighted by atomic mass is 10.0. The predicted octanol–water partition coefficient (Wildman–Crippen LogP) is 5.23. The first-order chi connectivity index (χ1) is 12.4. The number of carbonyl (C=O) groups is 1. The lowest BCUT2D eigenvalue weighted by Crippen LogP contribution is -2.31. The second-order valence-corrected chi connectivity index (χ2v) is 7.28. The standard InChI is InChI=1S/C21H26BrNO3/c1-5-25-18-9-6-16(7-10-18)15(4)23-21(24)13-26-20-11-8-17(14(2)3)12-19(20)22/h6-12,14-15H,5,13H2,1-4H3,(H,23,24)/t15-/m1/s1. The van der Waals surface area contributed by atoms with Gasteiger partial charge in [0.25, 0.3) is 5.91 Å². The van der Waals surface area contributed by atoms with Crippen LogP contribution >= 0.6 is 15.9 Å². The topological polar surface area (TPSA) is 47.6 Å². The molecule has 2 aromatic carbocycles. The van der Waals surface area contributed by atoms with Gasteiger partial charge in [-0.3, -0.25) is 4.79 Å². The maximum Gasteiger partial charge on any atom is 0.258 e. The maximum absolute atomic E-state index is 12.2. The maximum atomic E-state index is 12.2. The smallest absolute Gasteiger partial charge is 0.258 e. The Morgan fingerprint density at radius 1 is 1.04 bits per heavy atom. The molecule has 0 saturated carbocycles. The van der Waals surface area contributed by atoms with Crippen molar-refractivity contribution in [3.63, 3.8) is 0 Å². The molecule has 1 atom stereocenters. The number of halogens is 1. The van der Waals surface area contributed by atoms with Crippen LogP contribution in [-0.4, -0.2) is 19.1 Å². The van der Waals surface area contributed by atoms with Gasteiger partial charge in [-0.25, -0.2) is 0 Å². The minimum absolute atomic E-state index is 0.0268. The Labute approximate surface area is 164 Å². The molecule has 140 valence electrons. The summed E-state index contributed by atoms with van der Waals surface area (Å²) in [6, 6.07) is 13.6. The average molecular weight is 420 g/mol. The quantitative estimate of drug-likeness (QED) is 0.637. The fourth-order valence-corrected chi connectivity index (χ4v) is 3.03. The van der Waals surface area contributed by atoms with Gasteiger partial charge in [0.05, 0.1) is 17.1 Å². The van der Waals surface area contributed by atoms with Gasteiger partial charge in [-0.2, -0.15) is 0 Å². The van der Waals surface area contributed by atoms with Crippen molar-refractivity contribution in [2.45, 2.75) is 39.7 Å². The molecule has 0 fully saturated rings. The summed E-state index contributed by atoms with van der Waals surface area (Å²) in [6.07, 6.45) is 0. The van der Waals surface area contributed by atoms with Gasteiger partial charge < -0.3 is 14.8 Å². The Morgan fingerprint density at radius 2 is 1.69 bits per heavy atom. The summed E-state index contributed by atoms with van der Waals surface area (Å²) in [5.74, 6) is 1.77. The fourth-order valence-electron chi connectivity index (χ4n) is 2.52. The van der Waals surface area contributed by atoms with Crippen molar-refractivity contribution < 1.29 is 14.3 Å². The highest BCUT2D eigenvalue weighted by molar-refractivity contribution is 9.10. The SMILES string of the molecule is CCOc1ccc([C@@H](C)NC(=O)COc2ccc(C(C)C)cc2Br)cc1. The van der Waals surface area contributed by atoms with Gasteiger partial charge >= 0.3 is 0 Å². The monoisotopic (exact) mass is 419 g/mol. The molecule has 1 N–H and O–H groups in total. The molecule has 26 heavy (non-hydrogen) atoms. The zero-order valence-electron chi connectivity index (χ0n) is 15.7. The van der Waals surface area contributed by atoms with Crippen LogP contribution in [0.1, 0.15) is 50.8 Å². The summed E-state index contributed by atoms with van der Waals surface area (Å²) in [5.41, 5.74) is 2.24. The molecule has 0 unspecified atom stereocenters. The molecule has 0 aliphatic heterocycles. The first-order valence-corrected chi connectivity index (χ1v) is 9.64. The van der Waals surface area contributed by atoms with Crippen molar-refractivity contribution in [3.05, 3.63) is 58.1 Å². The largest absolute Gasteiger partial charge is 0.494 e. The summed E-state index contributed by atoms with van der Waals surface area (Å²) in [6.45, 7) is 8.78. The van der Waals surface area contributed by atoms with E-state index in [4.69, 9.17) is 9.47 Å².